The van der Waals surface area contributed by atoms with Gasteiger partial charge in [0, 0.05) is 6.54 Å². The van der Waals surface area contributed by atoms with Crippen LogP contribution in [0.5, 0.6) is 0 Å². The summed E-state index contributed by atoms with van der Waals surface area (Å²) in [4.78, 5) is 23.9. The standard InChI is InChI=1S/C12H11Cl2NO4/c1-3-6-15(12(18)19-2)10-7(11(16)17)4-5-8(13)9(10)14/h3-5H,1,6H2,2H3,(H,16,17). The minimum absolute atomic E-state index is 0.0200. The fourth-order valence-corrected chi connectivity index (χ4v) is 1.89. The Morgan fingerprint density at radius 2 is 2.11 bits per heavy atom. The first-order chi connectivity index (χ1) is 8.93. The quantitative estimate of drug-likeness (QED) is 0.865. The zero-order valence-electron chi connectivity index (χ0n) is 10.0. The maximum Gasteiger partial charge on any atom is 0.414 e. The maximum atomic E-state index is 11.7. The highest BCUT2D eigenvalue weighted by atomic mass is 35.5. The van der Waals surface area contributed by atoms with E-state index in [4.69, 9.17) is 28.3 Å². The molecule has 0 saturated carbocycles. The van der Waals surface area contributed by atoms with Crippen molar-refractivity contribution in [1.82, 2.24) is 0 Å². The molecule has 0 unspecified atom stereocenters. The average Bonchev–Trinajstić information content (AvgIpc) is 2.38. The summed E-state index contributed by atoms with van der Waals surface area (Å²) >= 11 is 11.8. The number of carboxylic acids is 1. The fraction of sp³-hybridized carbons (Fsp3) is 0.167. The smallest absolute Gasteiger partial charge is 0.414 e. The number of anilines is 1. The van der Waals surface area contributed by atoms with Crippen LogP contribution in [0.25, 0.3) is 0 Å². The van der Waals surface area contributed by atoms with Gasteiger partial charge in [-0.1, -0.05) is 29.3 Å². The lowest BCUT2D eigenvalue weighted by atomic mass is 10.1. The summed E-state index contributed by atoms with van der Waals surface area (Å²) in [6.07, 6.45) is 0.659. The Balaban J connectivity index is 3.50. The van der Waals surface area contributed by atoms with Gasteiger partial charge in [0.05, 0.1) is 28.4 Å². The molecule has 0 aromatic heterocycles. The third kappa shape index (κ3) is 3.19. The van der Waals surface area contributed by atoms with Crippen molar-refractivity contribution in [3.63, 3.8) is 0 Å². The summed E-state index contributed by atoms with van der Waals surface area (Å²) in [6.45, 7) is 3.53. The predicted octanol–water partition coefficient (Wildman–Crippen LogP) is 3.45. The summed E-state index contributed by atoms with van der Waals surface area (Å²) in [5.74, 6) is -1.23. The van der Waals surface area contributed by atoms with Crippen molar-refractivity contribution in [2.24, 2.45) is 0 Å². The second kappa shape index (κ2) is 6.45. The van der Waals surface area contributed by atoms with E-state index in [9.17, 15) is 9.59 Å². The Hall–Kier alpha value is -1.72. The van der Waals surface area contributed by atoms with Crippen molar-refractivity contribution in [3.8, 4) is 0 Å². The van der Waals surface area contributed by atoms with Gasteiger partial charge >= 0.3 is 12.1 Å². The summed E-state index contributed by atoms with van der Waals surface area (Å²) in [6, 6.07) is 2.62. The molecule has 0 heterocycles. The van der Waals surface area contributed by atoms with Gasteiger partial charge in [0.15, 0.2) is 0 Å². The number of amides is 1. The van der Waals surface area contributed by atoms with Gasteiger partial charge in [-0.15, -0.1) is 6.58 Å². The number of benzene rings is 1. The van der Waals surface area contributed by atoms with Crippen LogP contribution in [0.3, 0.4) is 0 Å². The van der Waals surface area contributed by atoms with E-state index in [1.54, 1.807) is 0 Å². The monoisotopic (exact) mass is 303 g/mol. The van der Waals surface area contributed by atoms with Crippen LogP contribution in [0, 0.1) is 0 Å². The Morgan fingerprint density at radius 3 is 2.58 bits per heavy atom. The Labute approximate surface area is 120 Å². The van der Waals surface area contributed by atoms with E-state index in [2.05, 4.69) is 11.3 Å². The van der Waals surface area contributed by atoms with Gasteiger partial charge in [0.25, 0.3) is 0 Å². The minimum atomic E-state index is -1.23. The number of aromatic carboxylic acids is 1. The molecular formula is C12H11Cl2NO4. The van der Waals surface area contributed by atoms with Gasteiger partial charge < -0.3 is 9.84 Å². The van der Waals surface area contributed by atoms with Crippen LogP contribution in [0.1, 0.15) is 10.4 Å². The number of hydrogen-bond donors (Lipinski definition) is 1. The zero-order valence-corrected chi connectivity index (χ0v) is 11.5. The Morgan fingerprint density at radius 1 is 1.47 bits per heavy atom. The van der Waals surface area contributed by atoms with Gasteiger partial charge in [0.2, 0.25) is 0 Å². The van der Waals surface area contributed by atoms with Crippen LogP contribution in [0.15, 0.2) is 24.8 Å². The molecule has 0 radical (unpaired) electrons. The topological polar surface area (TPSA) is 66.8 Å². The van der Waals surface area contributed by atoms with Crippen molar-refractivity contribution in [2.75, 3.05) is 18.6 Å². The highest BCUT2D eigenvalue weighted by molar-refractivity contribution is 6.44. The molecule has 1 aromatic carbocycles. The predicted molar refractivity (Wildman–Crippen MR) is 73.4 cm³/mol. The first-order valence-electron chi connectivity index (χ1n) is 5.11. The molecule has 0 saturated heterocycles. The van der Waals surface area contributed by atoms with Gasteiger partial charge in [-0.25, -0.2) is 9.59 Å². The molecule has 0 bridgehead atoms. The molecule has 5 nitrogen and oxygen atoms in total. The third-order valence-corrected chi connectivity index (χ3v) is 3.07. The highest BCUT2D eigenvalue weighted by Crippen LogP contribution is 2.36. The average molecular weight is 304 g/mol. The summed E-state index contributed by atoms with van der Waals surface area (Å²) < 4.78 is 4.59. The van der Waals surface area contributed by atoms with Crippen LogP contribution in [-0.4, -0.2) is 30.8 Å². The normalized spacial score (nSPS) is 9.84. The van der Waals surface area contributed by atoms with Crippen LogP contribution in [-0.2, 0) is 4.74 Å². The SMILES string of the molecule is C=CCN(C(=O)OC)c1c(C(=O)O)ccc(Cl)c1Cl. The number of carbonyl (C=O) groups is 2. The Bertz CT molecular complexity index is 531. The number of nitrogens with zero attached hydrogens (tertiary/aromatic N) is 1. The van der Waals surface area contributed by atoms with Crippen LogP contribution >= 0.6 is 23.2 Å². The third-order valence-electron chi connectivity index (χ3n) is 2.28. The zero-order chi connectivity index (χ0) is 14.6. The van der Waals surface area contributed by atoms with Gasteiger partial charge in [-0.05, 0) is 12.1 Å². The molecule has 0 aliphatic heterocycles. The lowest BCUT2D eigenvalue weighted by Crippen LogP contribution is -2.32. The molecule has 19 heavy (non-hydrogen) atoms. The maximum absolute atomic E-state index is 11.7. The van der Waals surface area contributed by atoms with Crippen molar-refractivity contribution in [3.05, 3.63) is 40.4 Å². The summed E-state index contributed by atoms with van der Waals surface area (Å²) in [5, 5.41) is 9.25. The second-order valence-corrected chi connectivity index (χ2v) is 4.22. The second-order valence-electron chi connectivity index (χ2n) is 3.43. The number of hydrogen-bond acceptors (Lipinski definition) is 3. The number of halogens is 2. The van der Waals surface area contributed by atoms with Crippen LogP contribution in [0.2, 0.25) is 10.0 Å². The van der Waals surface area contributed by atoms with Crippen molar-refractivity contribution in [2.45, 2.75) is 0 Å². The molecule has 102 valence electrons. The van der Waals surface area contributed by atoms with Crippen molar-refractivity contribution >= 4 is 41.0 Å². The molecule has 1 amide bonds. The minimum Gasteiger partial charge on any atom is -0.478 e. The lowest BCUT2D eigenvalue weighted by Gasteiger charge is -2.23. The summed E-state index contributed by atoms with van der Waals surface area (Å²) in [7, 11) is 1.18. The van der Waals surface area contributed by atoms with Crippen LogP contribution in [0.4, 0.5) is 10.5 Å². The number of ether oxygens (including phenoxy) is 1. The van der Waals surface area contributed by atoms with Crippen molar-refractivity contribution in [1.29, 1.82) is 0 Å². The van der Waals surface area contributed by atoms with E-state index >= 15 is 0 Å². The van der Waals surface area contributed by atoms with E-state index < -0.39 is 12.1 Å². The molecule has 0 fully saturated rings. The van der Waals surface area contributed by atoms with Gasteiger partial charge in [0.1, 0.15) is 0 Å². The number of carboxylic acid groups (broad SMARTS) is 1. The molecule has 1 aromatic rings. The first-order valence-corrected chi connectivity index (χ1v) is 5.87. The highest BCUT2D eigenvalue weighted by Gasteiger charge is 2.25. The van der Waals surface area contributed by atoms with Gasteiger partial charge in [-0.3, -0.25) is 4.90 Å². The Kier molecular flexibility index (Phi) is 5.20. The number of carbonyl (C=O) groups excluding carboxylic acids is 1. The summed E-state index contributed by atoms with van der Waals surface area (Å²) in [5.41, 5.74) is -0.171. The molecule has 0 aliphatic carbocycles. The number of rotatable bonds is 4. The van der Waals surface area contributed by atoms with Crippen LogP contribution < -0.4 is 4.90 Å². The van der Waals surface area contributed by atoms with E-state index in [1.165, 1.54) is 25.3 Å². The van der Waals surface area contributed by atoms with E-state index in [0.717, 1.165) is 4.90 Å². The van der Waals surface area contributed by atoms with Gasteiger partial charge in [-0.2, -0.15) is 0 Å². The first kappa shape index (κ1) is 15.3. The molecule has 7 heteroatoms. The lowest BCUT2D eigenvalue weighted by molar-refractivity contribution is 0.0697. The van der Waals surface area contributed by atoms with E-state index in [-0.39, 0.29) is 27.8 Å². The number of methoxy groups -OCH3 is 1. The molecule has 0 atom stereocenters. The van der Waals surface area contributed by atoms with Crippen molar-refractivity contribution < 1.29 is 19.4 Å². The fourth-order valence-electron chi connectivity index (χ4n) is 1.47. The molecule has 1 N–H and O–H groups in total. The van der Waals surface area contributed by atoms with E-state index in [1.807, 2.05) is 0 Å². The molecule has 0 spiro atoms. The van der Waals surface area contributed by atoms with E-state index in [0.29, 0.717) is 0 Å². The molecule has 0 aliphatic rings. The molecular weight excluding hydrogens is 293 g/mol. The largest absolute Gasteiger partial charge is 0.478 e. The molecule has 1 rings (SSSR count).